The standard InChI is InChI=1S/C74H130O6/c1-4-7-10-13-16-19-22-25-28-30-32-33-34-35-36-37-38-39-40-41-42-44-46-49-52-55-58-61-64-67-73(76)79-70-71(69-78-72(75)66-63-60-57-54-51-48-45-27-24-21-18-15-12-9-6-3)80-74(77)68-65-62-59-56-53-50-47-43-31-29-26-23-20-17-14-11-8-5-2/h9,12,18,21-22,25,27,30,32,34-35,45,51,54,71H,4-8,10-11,13-17,19-20,23-24,26,28-29,31,33,36-44,46-50,52-53,55-70H2,1-3H3/b12-9-,21-18-,25-22-,32-30-,35-34-,45-27-,54-51-. The van der Waals surface area contributed by atoms with Crippen LogP contribution in [-0.2, 0) is 28.6 Å². The Balaban J connectivity index is 4.28. The molecule has 0 N–H and O–H groups in total. The average Bonchev–Trinajstić information content (AvgIpc) is 3.46. The Morgan fingerprint density at radius 1 is 0.263 bits per heavy atom. The molecule has 6 nitrogen and oxygen atoms in total. The summed E-state index contributed by atoms with van der Waals surface area (Å²) in [5.41, 5.74) is 0. The first kappa shape index (κ1) is 76.6. The summed E-state index contributed by atoms with van der Waals surface area (Å²) in [6, 6.07) is 0. The van der Waals surface area contributed by atoms with E-state index in [1.165, 1.54) is 212 Å². The number of unbranched alkanes of at least 4 members (excludes halogenated alkanes) is 38. The summed E-state index contributed by atoms with van der Waals surface area (Å²) in [6.07, 6.45) is 90.4. The van der Waals surface area contributed by atoms with E-state index in [2.05, 4.69) is 106 Å². The number of esters is 3. The van der Waals surface area contributed by atoms with Crippen LogP contribution < -0.4 is 0 Å². The molecule has 0 heterocycles. The zero-order chi connectivity index (χ0) is 57.8. The molecular weight excluding hydrogens is 985 g/mol. The highest BCUT2D eigenvalue weighted by atomic mass is 16.6. The van der Waals surface area contributed by atoms with Crippen molar-refractivity contribution in [2.75, 3.05) is 13.2 Å². The Morgan fingerprint density at radius 2 is 0.487 bits per heavy atom. The summed E-state index contributed by atoms with van der Waals surface area (Å²) < 4.78 is 16.9. The molecule has 462 valence electrons. The summed E-state index contributed by atoms with van der Waals surface area (Å²) in [7, 11) is 0. The van der Waals surface area contributed by atoms with E-state index < -0.39 is 6.10 Å². The number of carbonyl (C=O) groups excluding carboxylic acids is 3. The maximum Gasteiger partial charge on any atom is 0.306 e. The van der Waals surface area contributed by atoms with Gasteiger partial charge in [-0.15, -0.1) is 0 Å². The Kier molecular flexibility index (Phi) is 65.2. The maximum absolute atomic E-state index is 12.9. The number of ether oxygens (including phenoxy) is 3. The van der Waals surface area contributed by atoms with E-state index in [0.717, 1.165) is 96.3 Å². The molecule has 0 aliphatic carbocycles. The van der Waals surface area contributed by atoms with E-state index >= 15 is 0 Å². The number of hydrogen-bond donors (Lipinski definition) is 0. The number of rotatable bonds is 63. The minimum atomic E-state index is -0.793. The van der Waals surface area contributed by atoms with Gasteiger partial charge in [0.1, 0.15) is 13.2 Å². The highest BCUT2D eigenvalue weighted by Gasteiger charge is 2.19. The molecular formula is C74H130O6. The van der Waals surface area contributed by atoms with Crippen molar-refractivity contribution in [2.24, 2.45) is 0 Å². The van der Waals surface area contributed by atoms with Crippen molar-refractivity contribution >= 4 is 17.9 Å². The lowest BCUT2D eigenvalue weighted by atomic mass is 10.0. The minimum Gasteiger partial charge on any atom is -0.462 e. The predicted octanol–water partition coefficient (Wildman–Crippen LogP) is 23.8. The van der Waals surface area contributed by atoms with Crippen molar-refractivity contribution < 1.29 is 28.6 Å². The topological polar surface area (TPSA) is 78.9 Å². The van der Waals surface area contributed by atoms with Gasteiger partial charge in [-0.2, -0.15) is 0 Å². The molecule has 1 unspecified atom stereocenters. The van der Waals surface area contributed by atoms with Gasteiger partial charge in [-0.25, -0.2) is 0 Å². The van der Waals surface area contributed by atoms with E-state index in [0.29, 0.717) is 19.3 Å². The van der Waals surface area contributed by atoms with Crippen molar-refractivity contribution in [3.8, 4) is 0 Å². The monoisotopic (exact) mass is 1110 g/mol. The van der Waals surface area contributed by atoms with Gasteiger partial charge in [-0.3, -0.25) is 14.4 Å². The molecule has 0 aromatic rings. The van der Waals surface area contributed by atoms with Crippen LogP contribution in [-0.4, -0.2) is 37.2 Å². The van der Waals surface area contributed by atoms with Crippen LogP contribution in [0.25, 0.3) is 0 Å². The van der Waals surface area contributed by atoms with Crippen LogP contribution in [0, 0.1) is 0 Å². The molecule has 0 radical (unpaired) electrons. The van der Waals surface area contributed by atoms with Gasteiger partial charge in [0.05, 0.1) is 0 Å². The molecule has 0 aromatic heterocycles. The molecule has 0 aliphatic heterocycles. The molecule has 0 fully saturated rings. The molecule has 0 rings (SSSR count). The Hall–Kier alpha value is -3.41. The Labute approximate surface area is 496 Å². The third-order valence-electron chi connectivity index (χ3n) is 15.1. The molecule has 0 saturated carbocycles. The van der Waals surface area contributed by atoms with Gasteiger partial charge in [0, 0.05) is 19.3 Å². The second kappa shape index (κ2) is 68.1. The van der Waals surface area contributed by atoms with E-state index in [1.54, 1.807) is 0 Å². The highest BCUT2D eigenvalue weighted by Crippen LogP contribution is 2.17. The third kappa shape index (κ3) is 65.4. The van der Waals surface area contributed by atoms with Crippen molar-refractivity contribution in [1.82, 2.24) is 0 Å². The molecule has 1 atom stereocenters. The normalized spacial score (nSPS) is 12.6. The SMILES string of the molecule is CC/C=C\C/C=C\C/C=C\C/C=C\CCCCC(=O)OCC(COC(=O)CCCCCCCCCCCCCCCC/C=C\C/C=C\C/C=C\CCCCCCC)OC(=O)CCCCCCCCCCCCCCCCCCCC. The zero-order valence-corrected chi connectivity index (χ0v) is 53.1. The van der Waals surface area contributed by atoms with Crippen LogP contribution in [0.4, 0.5) is 0 Å². The van der Waals surface area contributed by atoms with Crippen molar-refractivity contribution in [3.05, 3.63) is 85.1 Å². The van der Waals surface area contributed by atoms with Crippen molar-refractivity contribution in [2.45, 2.75) is 354 Å². The third-order valence-corrected chi connectivity index (χ3v) is 15.1. The fraction of sp³-hybridized carbons (Fsp3) is 0.770. The molecule has 0 spiro atoms. The Morgan fingerprint density at radius 3 is 0.787 bits per heavy atom. The first-order valence-corrected chi connectivity index (χ1v) is 34.6. The van der Waals surface area contributed by atoms with Gasteiger partial charge in [0.15, 0.2) is 6.10 Å². The summed E-state index contributed by atoms with van der Waals surface area (Å²) in [5, 5.41) is 0. The van der Waals surface area contributed by atoms with Crippen LogP contribution in [0.2, 0.25) is 0 Å². The smallest absolute Gasteiger partial charge is 0.306 e. The van der Waals surface area contributed by atoms with E-state index in [-0.39, 0.29) is 31.1 Å². The molecule has 0 aromatic carbocycles. The Bertz CT molecular complexity index is 1520. The largest absolute Gasteiger partial charge is 0.462 e. The van der Waals surface area contributed by atoms with Crippen LogP contribution in [0.3, 0.4) is 0 Å². The van der Waals surface area contributed by atoms with Crippen LogP contribution in [0.5, 0.6) is 0 Å². The minimum absolute atomic E-state index is 0.0866. The lowest BCUT2D eigenvalue weighted by molar-refractivity contribution is -0.167. The predicted molar refractivity (Wildman–Crippen MR) is 348 cm³/mol. The van der Waals surface area contributed by atoms with Crippen LogP contribution in [0.15, 0.2) is 85.1 Å². The van der Waals surface area contributed by atoms with Crippen LogP contribution >= 0.6 is 0 Å². The molecule has 0 saturated heterocycles. The summed E-state index contributed by atoms with van der Waals surface area (Å²) in [4.78, 5) is 38.4. The summed E-state index contributed by atoms with van der Waals surface area (Å²) in [6.45, 7) is 6.53. The summed E-state index contributed by atoms with van der Waals surface area (Å²) >= 11 is 0. The number of carbonyl (C=O) groups is 3. The summed E-state index contributed by atoms with van der Waals surface area (Å²) in [5.74, 6) is -0.912. The van der Waals surface area contributed by atoms with E-state index in [9.17, 15) is 14.4 Å². The van der Waals surface area contributed by atoms with Gasteiger partial charge in [0.2, 0.25) is 0 Å². The second-order valence-electron chi connectivity index (χ2n) is 23.1. The lowest BCUT2D eigenvalue weighted by Gasteiger charge is -2.18. The fourth-order valence-electron chi connectivity index (χ4n) is 9.97. The maximum atomic E-state index is 12.9. The highest BCUT2D eigenvalue weighted by molar-refractivity contribution is 5.71. The van der Waals surface area contributed by atoms with Gasteiger partial charge >= 0.3 is 17.9 Å². The first-order chi connectivity index (χ1) is 39.5. The second-order valence-corrected chi connectivity index (χ2v) is 23.1. The molecule has 6 heteroatoms. The molecule has 80 heavy (non-hydrogen) atoms. The van der Waals surface area contributed by atoms with Gasteiger partial charge in [-0.1, -0.05) is 318 Å². The van der Waals surface area contributed by atoms with E-state index in [4.69, 9.17) is 14.2 Å². The lowest BCUT2D eigenvalue weighted by Crippen LogP contribution is -2.30. The van der Waals surface area contributed by atoms with Gasteiger partial charge in [0.25, 0.3) is 0 Å². The quantitative estimate of drug-likeness (QED) is 0.0261. The molecule has 0 aliphatic rings. The van der Waals surface area contributed by atoms with Crippen molar-refractivity contribution in [1.29, 1.82) is 0 Å². The van der Waals surface area contributed by atoms with Gasteiger partial charge < -0.3 is 14.2 Å². The zero-order valence-electron chi connectivity index (χ0n) is 53.1. The van der Waals surface area contributed by atoms with E-state index in [1.807, 2.05) is 0 Å². The number of hydrogen-bond acceptors (Lipinski definition) is 6. The van der Waals surface area contributed by atoms with Crippen molar-refractivity contribution in [3.63, 3.8) is 0 Å². The van der Waals surface area contributed by atoms with Gasteiger partial charge in [-0.05, 0) is 96.3 Å². The average molecular weight is 1120 g/mol. The number of allylic oxidation sites excluding steroid dienone is 14. The fourth-order valence-corrected chi connectivity index (χ4v) is 9.97. The molecule has 0 bridgehead atoms. The van der Waals surface area contributed by atoms with Crippen LogP contribution in [0.1, 0.15) is 348 Å². The first-order valence-electron chi connectivity index (χ1n) is 34.6. The molecule has 0 amide bonds.